The van der Waals surface area contributed by atoms with Gasteiger partial charge in [-0.3, -0.25) is 9.69 Å². The predicted molar refractivity (Wildman–Crippen MR) is 77.0 cm³/mol. The second-order valence-corrected chi connectivity index (χ2v) is 5.53. The SMILES string of the molecule is O=C(NCCOCC(F)(F)F)c1ccc(CN2CCCCC2)o1. The molecule has 1 amide bonds. The largest absolute Gasteiger partial charge is 0.455 e. The zero-order valence-corrected chi connectivity index (χ0v) is 12.8. The maximum Gasteiger partial charge on any atom is 0.411 e. The second-order valence-electron chi connectivity index (χ2n) is 5.53. The average molecular weight is 334 g/mol. The minimum Gasteiger partial charge on any atom is -0.455 e. The van der Waals surface area contributed by atoms with Crippen LogP contribution in [-0.4, -0.2) is 49.8 Å². The monoisotopic (exact) mass is 334 g/mol. The first kappa shape index (κ1) is 17.8. The first-order valence-corrected chi connectivity index (χ1v) is 7.68. The molecule has 1 aromatic heterocycles. The molecule has 2 rings (SSSR count). The van der Waals surface area contributed by atoms with Crippen molar-refractivity contribution >= 4 is 5.91 Å². The summed E-state index contributed by atoms with van der Waals surface area (Å²) >= 11 is 0. The van der Waals surface area contributed by atoms with Crippen molar-refractivity contribution in [3.63, 3.8) is 0 Å². The van der Waals surface area contributed by atoms with Crippen molar-refractivity contribution in [2.45, 2.75) is 32.0 Å². The number of hydrogen-bond donors (Lipinski definition) is 1. The molecular weight excluding hydrogens is 313 g/mol. The van der Waals surface area contributed by atoms with Crippen molar-refractivity contribution in [3.05, 3.63) is 23.7 Å². The molecule has 8 heteroatoms. The molecule has 0 unspecified atom stereocenters. The Morgan fingerprint density at radius 2 is 2.00 bits per heavy atom. The lowest BCUT2D eigenvalue weighted by atomic mass is 10.1. The Labute approximate surface area is 132 Å². The highest BCUT2D eigenvalue weighted by atomic mass is 19.4. The molecular formula is C15H21F3N2O3. The highest BCUT2D eigenvalue weighted by Gasteiger charge is 2.27. The molecule has 130 valence electrons. The summed E-state index contributed by atoms with van der Waals surface area (Å²) in [6.45, 7) is 1.20. The third kappa shape index (κ3) is 6.62. The zero-order valence-electron chi connectivity index (χ0n) is 12.8. The van der Waals surface area contributed by atoms with Crippen LogP contribution < -0.4 is 5.32 Å². The Bertz CT molecular complexity index is 496. The van der Waals surface area contributed by atoms with Crippen LogP contribution in [0.1, 0.15) is 35.6 Å². The molecule has 2 heterocycles. The van der Waals surface area contributed by atoms with Crippen LogP contribution in [-0.2, 0) is 11.3 Å². The summed E-state index contributed by atoms with van der Waals surface area (Å²) in [5, 5.41) is 2.46. The summed E-state index contributed by atoms with van der Waals surface area (Å²) in [7, 11) is 0. The molecule has 1 aliphatic rings. The van der Waals surface area contributed by atoms with E-state index >= 15 is 0 Å². The van der Waals surface area contributed by atoms with E-state index in [-0.39, 0.29) is 18.9 Å². The van der Waals surface area contributed by atoms with Gasteiger partial charge in [0.1, 0.15) is 12.4 Å². The minimum absolute atomic E-state index is 0.00291. The van der Waals surface area contributed by atoms with Crippen molar-refractivity contribution in [3.8, 4) is 0 Å². The Balaban J connectivity index is 1.68. The Morgan fingerprint density at radius 3 is 2.70 bits per heavy atom. The fourth-order valence-electron chi connectivity index (χ4n) is 2.43. The molecule has 23 heavy (non-hydrogen) atoms. The van der Waals surface area contributed by atoms with Crippen molar-refractivity contribution in [2.24, 2.45) is 0 Å². The number of carbonyl (C=O) groups is 1. The van der Waals surface area contributed by atoms with Gasteiger partial charge in [-0.15, -0.1) is 0 Å². The fourth-order valence-corrected chi connectivity index (χ4v) is 2.43. The van der Waals surface area contributed by atoms with Crippen molar-refractivity contribution in [1.82, 2.24) is 10.2 Å². The number of hydrogen-bond acceptors (Lipinski definition) is 4. The molecule has 1 saturated heterocycles. The lowest BCUT2D eigenvalue weighted by molar-refractivity contribution is -0.173. The van der Waals surface area contributed by atoms with E-state index in [2.05, 4.69) is 15.0 Å². The summed E-state index contributed by atoms with van der Waals surface area (Å²) in [5.41, 5.74) is 0. The molecule has 0 spiro atoms. The van der Waals surface area contributed by atoms with Crippen LogP contribution >= 0.6 is 0 Å². The van der Waals surface area contributed by atoms with Crippen LogP contribution in [0.4, 0.5) is 13.2 Å². The molecule has 1 aliphatic heterocycles. The van der Waals surface area contributed by atoms with Crippen molar-refractivity contribution in [1.29, 1.82) is 0 Å². The van der Waals surface area contributed by atoms with Gasteiger partial charge in [-0.05, 0) is 38.1 Å². The van der Waals surface area contributed by atoms with Gasteiger partial charge >= 0.3 is 6.18 Å². The molecule has 0 bridgehead atoms. The predicted octanol–water partition coefficient (Wildman–Crippen LogP) is 2.57. The second kappa shape index (κ2) is 8.35. The standard InChI is InChI=1S/C15H21F3N2O3/c16-15(17,18)11-22-9-6-19-14(21)13-5-4-12(23-13)10-20-7-2-1-3-8-20/h4-5H,1-3,6-11H2,(H,19,21). The molecule has 1 aromatic rings. The number of furan rings is 1. The smallest absolute Gasteiger partial charge is 0.411 e. The van der Waals surface area contributed by atoms with Crippen LogP contribution in [0.2, 0.25) is 0 Å². The number of ether oxygens (including phenoxy) is 1. The number of carbonyl (C=O) groups excluding carboxylic acids is 1. The minimum atomic E-state index is -4.35. The van der Waals surface area contributed by atoms with Crippen LogP contribution in [0, 0.1) is 0 Å². The van der Waals surface area contributed by atoms with E-state index < -0.39 is 18.7 Å². The fraction of sp³-hybridized carbons (Fsp3) is 0.667. The molecule has 1 N–H and O–H groups in total. The maximum absolute atomic E-state index is 11.9. The quantitative estimate of drug-likeness (QED) is 0.779. The number of amides is 1. The number of nitrogens with one attached hydrogen (secondary N) is 1. The van der Waals surface area contributed by atoms with Gasteiger partial charge in [-0.25, -0.2) is 0 Å². The summed E-state index contributed by atoms with van der Waals surface area (Å²) < 4.78 is 45.5. The van der Waals surface area contributed by atoms with Gasteiger partial charge in [0.15, 0.2) is 5.76 Å². The number of likely N-dealkylation sites (tertiary alicyclic amines) is 1. The first-order valence-electron chi connectivity index (χ1n) is 7.68. The van der Waals surface area contributed by atoms with Gasteiger partial charge in [0.2, 0.25) is 0 Å². The van der Waals surface area contributed by atoms with Crippen LogP contribution in [0.25, 0.3) is 0 Å². The number of nitrogens with zero attached hydrogens (tertiary/aromatic N) is 1. The van der Waals surface area contributed by atoms with Crippen LogP contribution in [0.3, 0.4) is 0 Å². The lowest BCUT2D eigenvalue weighted by Gasteiger charge is -2.25. The van der Waals surface area contributed by atoms with Crippen LogP contribution in [0.15, 0.2) is 16.5 Å². The van der Waals surface area contributed by atoms with E-state index in [9.17, 15) is 18.0 Å². The van der Waals surface area contributed by atoms with E-state index in [0.717, 1.165) is 13.1 Å². The number of piperidine rings is 1. The Kier molecular flexibility index (Phi) is 6.47. The Hall–Kier alpha value is -1.54. The third-order valence-corrected chi connectivity index (χ3v) is 3.51. The highest BCUT2D eigenvalue weighted by Crippen LogP contribution is 2.15. The van der Waals surface area contributed by atoms with Gasteiger partial charge in [0.05, 0.1) is 13.2 Å². The molecule has 0 saturated carbocycles. The summed E-state index contributed by atoms with van der Waals surface area (Å²) in [4.78, 5) is 14.1. The van der Waals surface area contributed by atoms with Gasteiger partial charge in [-0.1, -0.05) is 6.42 Å². The number of halogens is 3. The van der Waals surface area contributed by atoms with E-state index in [1.807, 2.05) is 0 Å². The molecule has 5 nitrogen and oxygen atoms in total. The van der Waals surface area contributed by atoms with E-state index in [4.69, 9.17) is 4.42 Å². The van der Waals surface area contributed by atoms with Crippen LogP contribution in [0.5, 0.6) is 0 Å². The normalized spacial score (nSPS) is 16.5. The molecule has 0 aromatic carbocycles. The molecule has 0 atom stereocenters. The van der Waals surface area contributed by atoms with Crippen molar-refractivity contribution in [2.75, 3.05) is 32.8 Å². The van der Waals surface area contributed by atoms with Gasteiger partial charge in [0.25, 0.3) is 5.91 Å². The van der Waals surface area contributed by atoms with E-state index in [1.54, 1.807) is 12.1 Å². The summed E-state index contributed by atoms with van der Waals surface area (Å²) in [5.74, 6) is 0.420. The summed E-state index contributed by atoms with van der Waals surface area (Å²) in [6.07, 6.45) is -0.759. The zero-order chi connectivity index (χ0) is 16.7. The topological polar surface area (TPSA) is 54.7 Å². The molecule has 0 radical (unpaired) electrons. The van der Waals surface area contributed by atoms with Crippen molar-refractivity contribution < 1.29 is 27.1 Å². The highest BCUT2D eigenvalue weighted by molar-refractivity contribution is 5.91. The molecule has 0 aliphatic carbocycles. The third-order valence-electron chi connectivity index (χ3n) is 3.51. The molecule has 1 fully saturated rings. The van der Waals surface area contributed by atoms with E-state index in [0.29, 0.717) is 12.3 Å². The van der Waals surface area contributed by atoms with Gasteiger partial charge in [-0.2, -0.15) is 13.2 Å². The number of alkyl halides is 3. The average Bonchev–Trinajstić information content (AvgIpc) is 2.95. The van der Waals surface area contributed by atoms with E-state index in [1.165, 1.54) is 19.3 Å². The maximum atomic E-state index is 11.9. The van der Waals surface area contributed by atoms with Gasteiger partial charge < -0.3 is 14.5 Å². The first-order chi connectivity index (χ1) is 10.9. The summed E-state index contributed by atoms with van der Waals surface area (Å²) in [6, 6.07) is 3.33. The number of rotatable bonds is 7. The lowest BCUT2D eigenvalue weighted by Crippen LogP contribution is -2.29. The Morgan fingerprint density at radius 1 is 1.26 bits per heavy atom. The van der Waals surface area contributed by atoms with Gasteiger partial charge in [0, 0.05) is 6.54 Å².